The van der Waals surface area contributed by atoms with Crippen LogP contribution in [0.5, 0.6) is 0 Å². The molecule has 3 heteroatoms. The Balaban J connectivity index is 2.86. The number of nitrogens with two attached hydrogens (primary N) is 1. The molecular formula is C13H18N2S. The number of rotatable bonds is 2. The predicted octanol–water partition coefficient (Wildman–Crippen LogP) is 3.87. The van der Waals surface area contributed by atoms with Crippen molar-refractivity contribution in [2.24, 2.45) is 0 Å². The SMILES string of the molecule is CCc1cc(C)c2sc(N)nc2c1C(C)C. The van der Waals surface area contributed by atoms with Gasteiger partial charge in [0.25, 0.3) is 0 Å². The van der Waals surface area contributed by atoms with Crippen molar-refractivity contribution in [3.63, 3.8) is 0 Å². The minimum absolute atomic E-state index is 0.500. The average molecular weight is 234 g/mol. The first kappa shape index (κ1) is 11.4. The van der Waals surface area contributed by atoms with E-state index in [9.17, 15) is 0 Å². The van der Waals surface area contributed by atoms with E-state index in [1.165, 1.54) is 21.4 Å². The molecule has 0 bridgehead atoms. The van der Waals surface area contributed by atoms with Crippen LogP contribution in [0.1, 0.15) is 43.4 Å². The van der Waals surface area contributed by atoms with Gasteiger partial charge in [0, 0.05) is 0 Å². The summed E-state index contributed by atoms with van der Waals surface area (Å²) in [5.74, 6) is 0.500. The fraction of sp³-hybridized carbons (Fsp3) is 0.462. The van der Waals surface area contributed by atoms with E-state index in [0.717, 1.165) is 11.9 Å². The second kappa shape index (κ2) is 4.06. The summed E-state index contributed by atoms with van der Waals surface area (Å²) in [5, 5.41) is 0.674. The molecular weight excluding hydrogens is 216 g/mol. The van der Waals surface area contributed by atoms with Crippen LogP contribution in [0.25, 0.3) is 10.2 Å². The lowest BCUT2D eigenvalue weighted by Gasteiger charge is -2.13. The normalized spacial score (nSPS) is 11.6. The third kappa shape index (κ3) is 1.69. The summed E-state index contributed by atoms with van der Waals surface area (Å²) in [7, 11) is 0. The molecule has 1 heterocycles. The van der Waals surface area contributed by atoms with Gasteiger partial charge < -0.3 is 5.73 Å². The molecule has 16 heavy (non-hydrogen) atoms. The predicted molar refractivity (Wildman–Crippen MR) is 72.2 cm³/mol. The molecule has 0 spiro atoms. The molecule has 0 aliphatic heterocycles. The molecule has 2 rings (SSSR count). The Kier molecular flexibility index (Phi) is 2.89. The summed E-state index contributed by atoms with van der Waals surface area (Å²) in [6, 6.07) is 2.29. The molecule has 2 nitrogen and oxygen atoms in total. The Bertz CT molecular complexity index is 526. The molecule has 0 amide bonds. The van der Waals surface area contributed by atoms with Crippen LogP contribution in [-0.4, -0.2) is 4.98 Å². The van der Waals surface area contributed by atoms with Crippen LogP contribution < -0.4 is 5.73 Å². The van der Waals surface area contributed by atoms with Gasteiger partial charge in [0.05, 0.1) is 10.2 Å². The van der Waals surface area contributed by atoms with Gasteiger partial charge in [0.15, 0.2) is 5.13 Å². The van der Waals surface area contributed by atoms with Crippen LogP contribution in [0.2, 0.25) is 0 Å². The second-order valence-corrected chi connectivity index (χ2v) is 5.54. The highest BCUT2D eigenvalue weighted by Gasteiger charge is 2.15. The monoisotopic (exact) mass is 234 g/mol. The van der Waals surface area contributed by atoms with Crippen LogP contribution in [0.3, 0.4) is 0 Å². The number of benzene rings is 1. The maximum Gasteiger partial charge on any atom is 0.181 e. The Morgan fingerprint density at radius 2 is 2.12 bits per heavy atom. The highest BCUT2D eigenvalue weighted by molar-refractivity contribution is 7.22. The number of aryl methyl sites for hydroxylation is 2. The van der Waals surface area contributed by atoms with E-state index < -0.39 is 0 Å². The number of aromatic nitrogens is 1. The molecule has 0 aliphatic carbocycles. The summed E-state index contributed by atoms with van der Waals surface area (Å²) in [5.41, 5.74) is 11.0. The molecule has 0 aliphatic rings. The molecule has 0 fully saturated rings. The summed E-state index contributed by atoms with van der Waals surface area (Å²) in [6.07, 6.45) is 1.06. The van der Waals surface area contributed by atoms with Crippen molar-refractivity contribution < 1.29 is 0 Å². The van der Waals surface area contributed by atoms with Crippen molar-refractivity contribution in [2.45, 2.75) is 40.0 Å². The van der Waals surface area contributed by atoms with Gasteiger partial charge in [0.2, 0.25) is 0 Å². The van der Waals surface area contributed by atoms with Crippen LogP contribution in [0.15, 0.2) is 6.07 Å². The molecule has 0 saturated carbocycles. The lowest BCUT2D eigenvalue weighted by Crippen LogP contribution is -1.98. The van der Waals surface area contributed by atoms with Crippen molar-refractivity contribution in [2.75, 3.05) is 5.73 Å². The van der Waals surface area contributed by atoms with Gasteiger partial charge in [-0.15, -0.1) is 0 Å². The summed E-state index contributed by atoms with van der Waals surface area (Å²) in [4.78, 5) is 4.50. The summed E-state index contributed by atoms with van der Waals surface area (Å²) < 4.78 is 1.25. The first-order valence-electron chi connectivity index (χ1n) is 5.73. The molecule has 2 N–H and O–H groups in total. The van der Waals surface area contributed by atoms with Crippen LogP contribution >= 0.6 is 11.3 Å². The van der Waals surface area contributed by atoms with E-state index in [2.05, 4.69) is 38.7 Å². The first-order valence-corrected chi connectivity index (χ1v) is 6.54. The zero-order valence-electron chi connectivity index (χ0n) is 10.3. The van der Waals surface area contributed by atoms with E-state index in [4.69, 9.17) is 5.73 Å². The Labute approximate surface area is 101 Å². The zero-order chi connectivity index (χ0) is 11.9. The number of nitrogen functional groups attached to an aromatic ring is 1. The van der Waals surface area contributed by atoms with Crippen molar-refractivity contribution in [1.82, 2.24) is 4.98 Å². The Morgan fingerprint density at radius 1 is 1.44 bits per heavy atom. The fourth-order valence-electron chi connectivity index (χ4n) is 2.28. The van der Waals surface area contributed by atoms with E-state index in [1.807, 2.05) is 0 Å². The van der Waals surface area contributed by atoms with Crippen molar-refractivity contribution in [1.29, 1.82) is 0 Å². The van der Waals surface area contributed by atoms with Gasteiger partial charge >= 0.3 is 0 Å². The van der Waals surface area contributed by atoms with E-state index >= 15 is 0 Å². The Hall–Kier alpha value is -1.09. The topological polar surface area (TPSA) is 38.9 Å². The number of anilines is 1. The zero-order valence-corrected chi connectivity index (χ0v) is 11.1. The minimum Gasteiger partial charge on any atom is -0.375 e. The largest absolute Gasteiger partial charge is 0.375 e. The molecule has 2 aromatic rings. The number of thiazole rings is 1. The van der Waals surface area contributed by atoms with Crippen molar-refractivity contribution in [3.05, 3.63) is 22.8 Å². The van der Waals surface area contributed by atoms with Crippen LogP contribution in [-0.2, 0) is 6.42 Å². The van der Waals surface area contributed by atoms with E-state index in [-0.39, 0.29) is 0 Å². The second-order valence-electron chi connectivity index (χ2n) is 4.50. The maximum absolute atomic E-state index is 5.83. The van der Waals surface area contributed by atoms with Gasteiger partial charge in [-0.3, -0.25) is 0 Å². The maximum atomic E-state index is 5.83. The summed E-state index contributed by atoms with van der Waals surface area (Å²) >= 11 is 1.60. The quantitative estimate of drug-likeness (QED) is 0.856. The van der Waals surface area contributed by atoms with Gasteiger partial charge in [-0.05, 0) is 36.0 Å². The van der Waals surface area contributed by atoms with Crippen molar-refractivity contribution >= 4 is 26.7 Å². The molecule has 1 aromatic heterocycles. The Morgan fingerprint density at radius 3 is 2.69 bits per heavy atom. The number of hydrogen-bond acceptors (Lipinski definition) is 3. The lowest BCUT2D eigenvalue weighted by atomic mass is 9.93. The molecule has 86 valence electrons. The number of fused-ring (bicyclic) bond motifs is 1. The molecule has 0 unspecified atom stereocenters. The molecule has 0 radical (unpaired) electrons. The highest BCUT2D eigenvalue weighted by Crippen LogP contribution is 2.35. The minimum atomic E-state index is 0.500. The molecule has 0 saturated heterocycles. The van der Waals surface area contributed by atoms with Gasteiger partial charge in [0.1, 0.15) is 0 Å². The highest BCUT2D eigenvalue weighted by atomic mass is 32.1. The third-order valence-electron chi connectivity index (χ3n) is 2.95. The average Bonchev–Trinajstić information content (AvgIpc) is 2.58. The van der Waals surface area contributed by atoms with E-state index in [1.54, 1.807) is 11.3 Å². The number of hydrogen-bond donors (Lipinski definition) is 1. The smallest absolute Gasteiger partial charge is 0.181 e. The van der Waals surface area contributed by atoms with Crippen LogP contribution in [0, 0.1) is 6.92 Å². The van der Waals surface area contributed by atoms with Crippen LogP contribution in [0.4, 0.5) is 5.13 Å². The van der Waals surface area contributed by atoms with Gasteiger partial charge in [-0.2, -0.15) is 0 Å². The third-order valence-corrected chi connectivity index (χ3v) is 3.97. The lowest BCUT2D eigenvalue weighted by molar-refractivity contribution is 0.851. The van der Waals surface area contributed by atoms with Crippen molar-refractivity contribution in [3.8, 4) is 0 Å². The van der Waals surface area contributed by atoms with Gasteiger partial charge in [-0.1, -0.05) is 38.2 Å². The molecule has 1 aromatic carbocycles. The van der Waals surface area contributed by atoms with Gasteiger partial charge in [-0.25, -0.2) is 4.98 Å². The fourth-order valence-corrected chi connectivity index (χ4v) is 3.10. The summed E-state index contributed by atoms with van der Waals surface area (Å²) in [6.45, 7) is 8.78. The number of nitrogens with zero attached hydrogens (tertiary/aromatic N) is 1. The standard InChI is InChI=1S/C13H18N2S/c1-5-9-6-8(4)12-11(10(9)7(2)3)15-13(14)16-12/h6-7H,5H2,1-4H3,(H2,14,15). The first-order chi connectivity index (χ1) is 7.54. The van der Waals surface area contributed by atoms with E-state index in [0.29, 0.717) is 11.0 Å². The molecule has 0 atom stereocenters.